The van der Waals surface area contributed by atoms with Gasteiger partial charge in [-0.25, -0.2) is 14.8 Å². The van der Waals surface area contributed by atoms with E-state index < -0.39 is 0 Å². The summed E-state index contributed by atoms with van der Waals surface area (Å²) < 4.78 is 2.14. The van der Waals surface area contributed by atoms with Crippen LogP contribution in [-0.4, -0.2) is 32.4 Å². The molecule has 0 spiro atoms. The largest absolute Gasteiger partial charge is 0.363 e. The van der Waals surface area contributed by atoms with Crippen LogP contribution < -0.4 is 16.0 Å². The van der Waals surface area contributed by atoms with Crippen molar-refractivity contribution in [2.24, 2.45) is 0 Å². The third-order valence-electron chi connectivity index (χ3n) is 5.91. The maximum atomic E-state index is 11.6. The third kappa shape index (κ3) is 4.01. The van der Waals surface area contributed by atoms with Crippen LogP contribution in [0.4, 0.5) is 16.3 Å². The fourth-order valence-electron chi connectivity index (χ4n) is 3.91. The first-order valence-corrected chi connectivity index (χ1v) is 11.0. The standard InChI is InChI=1S/C26H25N7O/c1-16-12-21-22(13-17(16)2)33-23(19-4-6-20(7-5-19)31-26(34)27-3)15-30-25(33)24(32-21)29-14-18-8-10-28-11-9-18/h4-13,15H,14H2,1-3H3,(H,29,32)(H2,27,31,34). The van der Waals surface area contributed by atoms with Crippen molar-refractivity contribution in [3.05, 3.63) is 83.8 Å². The van der Waals surface area contributed by atoms with Crippen LogP contribution in [0.5, 0.6) is 0 Å². The van der Waals surface area contributed by atoms with Crippen molar-refractivity contribution >= 4 is 34.2 Å². The number of hydrogen-bond acceptors (Lipinski definition) is 5. The molecular weight excluding hydrogens is 426 g/mol. The van der Waals surface area contributed by atoms with Crippen LogP contribution >= 0.6 is 0 Å². The number of rotatable bonds is 5. The van der Waals surface area contributed by atoms with E-state index in [0.717, 1.165) is 45.0 Å². The molecule has 34 heavy (non-hydrogen) atoms. The van der Waals surface area contributed by atoms with E-state index in [0.29, 0.717) is 6.54 Å². The first kappa shape index (κ1) is 21.4. The normalized spacial score (nSPS) is 11.0. The topological polar surface area (TPSA) is 96.2 Å². The molecule has 170 valence electrons. The molecule has 0 aliphatic rings. The van der Waals surface area contributed by atoms with E-state index in [9.17, 15) is 4.79 Å². The Bertz CT molecular complexity index is 1490. The number of urea groups is 1. The van der Waals surface area contributed by atoms with Gasteiger partial charge < -0.3 is 16.0 Å². The maximum absolute atomic E-state index is 11.6. The van der Waals surface area contributed by atoms with Crippen LogP contribution in [0, 0.1) is 13.8 Å². The van der Waals surface area contributed by atoms with Crippen molar-refractivity contribution in [2.45, 2.75) is 20.4 Å². The van der Waals surface area contributed by atoms with Crippen LogP contribution in [0.1, 0.15) is 16.7 Å². The molecular formula is C26H25N7O. The monoisotopic (exact) mass is 451 g/mol. The zero-order chi connectivity index (χ0) is 23.7. The van der Waals surface area contributed by atoms with Crippen molar-refractivity contribution < 1.29 is 4.79 Å². The van der Waals surface area contributed by atoms with Crippen molar-refractivity contribution in [2.75, 3.05) is 17.7 Å². The van der Waals surface area contributed by atoms with E-state index in [1.165, 1.54) is 11.1 Å². The number of aromatic nitrogens is 4. The highest BCUT2D eigenvalue weighted by Gasteiger charge is 2.16. The molecule has 0 atom stereocenters. The number of imidazole rings is 1. The van der Waals surface area contributed by atoms with E-state index in [1.54, 1.807) is 19.4 Å². The highest BCUT2D eigenvalue weighted by molar-refractivity contribution is 5.90. The Kier molecular flexibility index (Phi) is 5.55. The van der Waals surface area contributed by atoms with Gasteiger partial charge >= 0.3 is 6.03 Å². The van der Waals surface area contributed by atoms with Crippen molar-refractivity contribution in [3.8, 4) is 11.3 Å². The summed E-state index contributed by atoms with van der Waals surface area (Å²) in [6, 6.07) is 15.7. The minimum absolute atomic E-state index is 0.254. The summed E-state index contributed by atoms with van der Waals surface area (Å²) in [6.45, 7) is 4.81. The zero-order valence-corrected chi connectivity index (χ0v) is 19.3. The predicted molar refractivity (Wildman–Crippen MR) is 135 cm³/mol. The molecule has 3 aromatic heterocycles. The Hall–Kier alpha value is -4.46. The number of pyridine rings is 1. The average Bonchev–Trinajstić information content (AvgIpc) is 3.30. The van der Waals surface area contributed by atoms with Gasteiger partial charge in [-0.05, 0) is 66.9 Å². The van der Waals surface area contributed by atoms with Crippen molar-refractivity contribution in [1.29, 1.82) is 0 Å². The molecule has 0 bridgehead atoms. The second-order valence-corrected chi connectivity index (χ2v) is 8.18. The van der Waals surface area contributed by atoms with Crippen LogP contribution in [-0.2, 0) is 6.54 Å². The summed E-state index contributed by atoms with van der Waals surface area (Å²) >= 11 is 0. The Balaban J connectivity index is 1.62. The second-order valence-electron chi connectivity index (χ2n) is 8.18. The number of amides is 2. The van der Waals surface area contributed by atoms with Gasteiger partial charge in [0.1, 0.15) is 0 Å². The van der Waals surface area contributed by atoms with Crippen LogP contribution in [0.3, 0.4) is 0 Å². The lowest BCUT2D eigenvalue weighted by molar-refractivity contribution is 0.254. The first-order chi connectivity index (χ1) is 16.5. The Morgan fingerprint density at radius 1 is 1.00 bits per heavy atom. The Labute approximate surface area is 197 Å². The fraction of sp³-hybridized carbons (Fsp3) is 0.154. The number of fused-ring (bicyclic) bond motifs is 3. The van der Waals surface area contributed by atoms with Gasteiger partial charge in [0, 0.05) is 37.2 Å². The first-order valence-electron chi connectivity index (χ1n) is 11.0. The predicted octanol–water partition coefficient (Wildman–Crippen LogP) is 4.92. The lowest BCUT2D eigenvalue weighted by Gasteiger charge is -2.13. The van der Waals surface area contributed by atoms with Gasteiger partial charge in [0.05, 0.1) is 22.9 Å². The summed E-state index contributed by atoms with van der Waals surface area (Å²) in [5, 5.41) is 8.80. The minimum atomic E-state index is -0.254. The van der Waals surface area contributed by atoms with Crippen molar-refractivity contribution in [1.82, 2.24) is 24.7 Å². The van der Waals surface area contributed by atoms with Gasteiger partial charge in [-0.2, -0.15) is 0 Å². The van der Waals surface area contributed by atoms with Crippen LogP contribution in [0.25, 0.3) is 27.9 Å². The number of benzene rings is 2. The highest BCUT2D eigenvalue weighted by atomic mass is 16.2. The molecule has 0 aliphatic carbocycles. The zero-order valence-electron chi connectivity index (χ0n) is 19.3. The number of carbonyl (C=O) groups excluding carboxylic acids is 1. The highest BCUT2D eigenvalue weighted by Crippen LogP contribution is 2.30. The second kappa shape index (κ2) is 8.82. The molecule has 8 heteroatoms. The molecule has 0 unspecified atom stereocenters. The molecule has 8 nitrogen and oxygen atoms in total. The number of aryl methyl sites for hydroxylation is 2. The van der Waals surface area contributed by atoms with E-state index in [2.05, 4.69) is 51.3 Å². The summed E-state index contributed by atoms with van der Waals surface area (Å²) in [6.07, 6.45) is 5.43. The van der Waals surface area contributed by atoms with Gasteiger partial charge in [0.15, 0.2) is 11.5 Å². The molecule has 0 fully saturated rings. The van der Waals surface area contributed by atoms with E-state index >= 15 is 0 Å². The maximum Gasteiger partial charge on any atom is 0.318 e. The SMILES string of the molecule is CNC(=O)Nc1ccc(-c2cnc3c(NCc4ccncc4)nc4cc(C)c(C)cc4n23)cc1. The lowest BCUT2D eigenvalue weighted by Crippen LogP contribution is -2.24. The summed E-state index contributed by atoms with van der Waals surface area (Å²) in [7, 11) is 1.59. The van der Waals surface area contributed by atoms with E-state index in [1.807, 2.05) is 42.6 Å². The molecule has 0 radical (unpaired) electrons. The van der Waals surface area contributed by atoms with E-state index in [4.69, 9.17) is 9.97 Å². The molecule has 0 saturated carbocycles. The number of hydrogen-bond donors (Lipinski definition) is 3. The number of carbonyl (C=O) groups is 1. The third-order valence-corrected chi connectivity index (χ3v) is 5.91. The number of nitrogens with one attached hydrogen (secondary N) is 3. The molecule has 5 aromatic rings. The van der Waals surface area contributed by atoms with Crippen LogP contribution in [0.2, 0.25) is 0 Å². The van der Waals surface area contributed by atoms with Gasteiger partial charge in [-0.3, -0.25) is 9.38 Å². The Morgan fingerprint density at radius 3 is 2.47 bits per heavy atom. The van der Waals surface area contributed by atoms with Crippen LogP contribution in [0.15, 0.2) is 67.1 Å². The van der Waals surface area contributed by atoms with Gasteiger partial charge in [0.25, 0.3) is 0 Å². The molecule has 0 aliphatic heterocycles. The molecule has 2 aromatic carbocycles. The molecule has 0 saturated heterocycles. The van der Waals surface area contributed by atoms with Gasteiger partial charge in [-0.1, -0.05) is 12.1 Å². The lowest BCUT2D eigenvalue weighted by atomic mass is 10.1. The van der Waals surface area contributed by atoms with Crippen molar-refractivity contribution in [3.63, 3.8) is 0 Å². The van der Waals surface area contributed by atoms with Gasteiger partial charge in [-0.15, -0.1) is 0 Å². The summed E-state index contributed by atoms with van der Waals surface area (Å²) in [5.74, 6) is 0.719. The molecule has 5 rings (SSSR count). The summed E-state index contributed by atoms with van der Waals surface area (Å²) in [4.78, 5) is 25.4. The summed E-state index contributed by atoms with van der Waals surface area (Å²) in [5.41, 5.74) is 8.79. The quantitative estimate of drug-likeness (QED) is 0.352. The molecule has 3 heterocycles. The minimum Gasteiger partial charge on any atom is -0.363 e. The van der Waals surface area contributed by atoms with E-state index in [-0.39, 0.29) is 6.03 Å². The Morgan fingerprint density at radius 2 is 1.74 bits per heavy atom. The molecule has 3 N–H and O–H groups in total. The fourth-order valence-corrected chi connectivity index (χ4v) is 3.91. The number of anilines is 2. The smallest absolute Gasteiger partial charge is 0.318 e. The number of nitrogens with zero attached hydrogens (tertiary/aromatic N) is 4. The average molecular weight is 452 g/mol. The van der Waals surface area contributed by atoms with Gasteiger partial charge in [0.2, 0.25) is 0 Å². The molecule has 2 amide bonds.